The number of pyridine rings is 1. The van der Waals surface area contributed by atoms with E-state index in [0.717, 1.165) is 27.2 Å². The van der Waals surface area contributed by atoms with Crippen LogP contribution in [0, 0.1) is 0 Å². The summed E-state index contributed by atoms with van der Waals surface area (Å²) in [6.07, 6.45) is 0. The molecule has 0 aliphatic heterocycles. The highest BCUT2D eigenvalue weighted by atomic mass is 32.2. The summed E-state index contributed by atoms with van der Waals surface area (Å²) >= 11 is 2.77. The molecular formula is C22H19N3O3S2. The molecule has 1 amide bonds. The summed E-state index contributed by atoms with van der Waals surface area (Å²) in [5.41, 5.74) is 2.49. The number of thioether (sulfide) groups is 1. The second-order valence-electron chi connectivity index (χ2n) is 6.28. The molecule has 152 valence electrons. The fourth-order valence-corrected chi connectivity index (χ4v) is 4.29. The van der Waals surface area contributed by atoms with Gasteiger partial charge in [-0.1, -0.05) is 36.0 Å². The van der Waals surface area contributed by atoms with Crippen LogP contribution in [0.5, 0.6) is 11.5 Å². The van der Waals surface area contributed by atoms with E-state index in [1.54, 1.807) is 20.3 Å². The van der Waals surface area contributed by atoms with Crippen LogP contribution >= 0.6 is 23.1 Å². The number of ether oxygens (including phenoxy) is 2. The van der Waals surface area contributed by atoms with Gasteiger partial charge in [-0.05, 0) is 24.3 Å². The molecule has 0 radical (unpaired) electrons. The van der Waals surface area contributed by atoms with Crippen LogP contribution in [0.3, 0.4) is 0 Å². The summed E-state index contributed by atoms with van der Waals surface area (Å²) in [5.74, 6) is 1.50. The molecule has 0 aliphatic rings. The molecule has 0 unspecified atom stereocenters. The lowest BCUT2D eigenvalue weighted by Gasteiger charge is -2.08. The number of fused-ring (bicyclic) bond motifs is 1. The number of thiazole rings is 1. The molecule has 30 heavy (non-hydrogen) atoms. The number of carbonyl (C=O) groups is 1. The van der Waals surface area contributed by atoms with Crippen molar-refractivity contribution in [3.63, 3.8) is 0 Å². The maximum Gasteiger partial charge on any atom is 0.236 e. The zero-order valence-corrected chi connectivity index (χ0v) is 18.0. The Morgan fingerprint density at radius 2 is 1.93 bits per heavy atom. The van der Waals surface area contributed by atoms with Crippen molar-refractivity contribution in [3.05, 3.63) is 60.0 Å². The van der Waals surface area contributed by atoms with Crippen molar-refractivity contribution >= 4 is 45.0 Å². The number of anilines is 1. The first-order valence-electron chi connectivity index (χ1n) is 9.12. The molecular weight excluding hydrogens is 418 g/mol. The normalized spacial score (nSPS) is 10.7. The Bertz CT molecular complexity index is 1190. The Hall–Kier alpha value is -3.10. The van der Waals surface area contributed by atoms with Gasteiger partial charge in [0.05, 0.1) is 36.2 Å². The first-order chi connectivity index (χ1) is 14.7. The third-order valence-corrected chi connectivity index (χ3v) is 6.05. The molecule has 0 aliphatic carbocycles. The fourth-order valence-electron chi connectivity index (χ4n) is 2.89. The average molecular weight is 438 g/mol. The third-order valence-electron chi connectivity index (χ3n) is 4.36. The zero-order valence-electron chi connectivity index (χ0n) is 16.4. The number of amides is 1. The number of para-hydroxylation sites is 1. The smallest absolute Gasteiger partial charge is 0.236 e. The van der Waals surface area contributed by atoms with E-state index in [4.69, 9.17) is 9.47 Å². The minimum Gasteiger partial charge on any atom is -0.497 e. The molecule has 1 N–H and O–H groups in total. The lowest BCUT2D eigenvalue weighted by Crippen LogP contribution is -2.13. The summed E-state index contributed by atoms with van der Waals surface area (Å²) in [7, 11) is 3.21. The number of hydrogen-bond donors (Lipinski definition) is 1. The van der Waals surface area contributed by atoms with Crippen LogP contribution < -0.4 is 14.8 Å². The molecule has 2 aromatic carbocycles. The fraction of sp³-hybridized carbons (Fsp3) is 0.136. The third kappa shape index (κ3) is 4.55. The van der Waals surface area contributed by atoms with E-state index in [-0.39, 0.29) is 11.7 Å². The van der Waals surface area contributed by atoms with E-state index in [1.807, 2.05) is 53.9 Å². The highest BCUT2D eigenvalue weighted by molar-refractivity contribution is 7.99. The van der Waals surface area contributed by atoms with Crippen LogP contribution in [0.4, 0.5) is 5.13 Å². The Morgan fingerprint density at radius 3 is 2.77 bits per heavy atom. The average Bonchev–Trinajstić information content (AvgIpc) is 3.25. The Balaban J connectivity index is 1.40. The van der Waals surface area contributed by atoms with Crippen LogP contribution in [0.15, 0.2) is 65.0 Å². The van der Waals surface area contributed by atoms with Gasteiger partial charge in [0.15, 0.2) is 5.13 Å². The minimum absolute atomic E-state index is 0.127. The van der Waals surface area contributed by atoms with Crippen molar-refractivity contribution in [1.82, 2.24) is 9.97 Å². The quantitative estimate of drug-likeness (QED) is 0.405. The molecule has 4 rings (SSSR count). The van der Waals surface area contributed by atoms with E-state index in [2.05, 4.69) is 15.3 Å². The van der Waals surface area contributed by atoms with Crippen molar-refractivity contribution in [3.8, 4) is 22.8 Å². The SMILES string of the molecule is COc1ccc(-c2csc(NC(=O)CSc3ccc4ccccc4n3)n2)c(OC)c1. The summed E-state index contributed by atoms with van der Waals surface area (Å²) in [6.45, 7) is 0. The van der Waals surface area contributed by atoms with E-state index < -0.39 is 0 Å². The molecule has 4 aromatic rings. The molecule has 0 saturated heterocycles. The van der Waals surface area contributed by atoms with E-state index in [0.29, 0.717) is 16.6 Å². The lowest BCUT2D eigenvalue weighted by molar-refractivity contribution is -0.113. The topological polar surface area (TPSA) is 73.3 Å². The highest BCUT2D eigenvalue weighted by Gasteiger charge is 2.13. The predicted octanol–water partition coefficient (Wildman–Crippen LogP) is 5.11. The van der Waals surface area contributed by atoms with Crippen LogP contribution in [0.2, 0.25) is 0 Å². The number of rotatable bonds is 7. The highest BCUT2D eigenvalue weighted by Crippen LogP contribution is 2.34. The van der Waals surface area contributed by atoms with Crippen molar-refractivity contribution in [2.45, 2.75) is 5.03 Å². The number of carbonyl (C=O) groups excluding carboxylic acids is 1. The molecule has 0 saturated carbocycles. The zero-order chi connectivity index (χ0) is 20.9. The molecule has 0 atom stereocenters. The Kier molecular flexibility index (Phi) is 6.15. The van der Waals surface area contributed by atoms with Crippen molar-refractivity contribution in [1.29, 1.82) is 0 Å². The first kappa shape index (κ1) is 20.2. The van der Waals surface area contributed by atoms with Gasteiger partial charge in [-0.15, -0.1) is 11.3 Å². The predicted molar refractivity (Wildman–Crippen MR) is 122 cm³/mol. The van der Waals surface area contributed by atoms with E-state index in [1.165, 1.54) is 23.1 Å². The van der Waals surface area contributed by atoms with Crippen molar-refractivity contribution in [2.24, 2.45) is 0 Å². The summed E-state index contributed by atoms with van der Waals surface area (Å²) in [4.78, 5) is 21.5. The number of aromatic nitrogens is 2. The summed E-state index contributed by atoms with van der Waals surface area (Å²) in [6, 6.07) is 17.4. The maximum absolute atomic E-state index is 12.4. The first-order valence-corrected chi connectivity index (χ1v) is 11.0. The van der Waals surface area contributed by atoms with Gasteiger partial charge < -0.3 is 14.8 Å². The lowest BCUT2D eigenvalue weighted by atomic mass is 10.1. The molecule has 0 spiro atoms. The second-order valence-corrected chi connectivity index (χ2v) is 8.14. The number of methoxy groups -OCH3 is 2. The number of nitrogens with one attached hydrogen (secondary N) is 1. The minimum atomic E-state index is -0.127. The summed E-state index contributed by atoms with van der Waals surface area (Å²) < 4.78 is 10.7. The number of benzene rings is 2. The molecule has 6 nitrogen and oxygen atoms in total. The second kappa shape index (κ2) is 9.15. The van der Waals surface area contributed by atoms with E-state index in [9.17, 15) is 4.79 Å². The maximum atomic E-state index is 12.4. The molecule has 8 heteroatoms. The van der Waals surface area contributed by atoms with Crippen LogP contribution in [0.25, 0.3) is 22.2 Å². The van der Waals surface area contributed by atoms with Gasteiger partial charge in [0.2, 0.25) is 5.91 Å². The van der Waals surface area contributed by atoms with Crippen molar-refractivity contribution in [2.75, 3.05) is 25.3 Å². The van der Waals surface area contributed by atoms with Gasteiger partial charge in [-0.3, -0.25) is 4.79 Å². The Morgan fingerprint density at radius 1 is 1.07 bits per heavy atom. The van der Waals surface area contributed by atoms with Gasteiger partial charge in [-0.25, -0.2) is 9.97 Å². The van der Waals surface area contributed by atoms with Crippen molar-refractivity contribution < 1.29 is 14.3 Å². The molecule has 2 heterocycles. The van der Waals surface area contributed by atoms with Gasteiger partial charge in [-0.2, -0.15) is 0 Å². The van der Waals surface area contributed by atoms with E-state index >= 15 is 0 Å². The van der Waals surface area contributed by atoms with Gasteiger partial charge in [0.25, 0.3) is 0 Å². The molecule has 2 aromatic heterocycles. The number of nitrogens with zero attached hydrogens (tertiary/aromatic N) is 2. The van der Waals surface area contributed by atoms with Crippen LogP contribution in [-0.2, 0) is 4.79 Å². The summed E-state index contributed by atoms with van der Waals surface area (Å²) in [5, 5.41) is 7.17. The largest absolute Gasteiger partial charge is 0.497 e. The molecule has 0 fully saturated rings. The van der Waals surface area contributed by atoms with Crippen LogP contribution in [-0.4, -0.2) is 35.8 Å². The number of hydrogen-bond acceptors (Lipinski definition) is 7. The standard InChI is InChI=1S/C22H19N3O3S2/c1-27-15-8-9-16(19(11-15)28-2)18-12-30-22(24-18)25-20(26)13-29-21-10-7-14-5-3-4-6-17(14)23-21/h3-12H,13H2,1-2H3,(H,24,25,26). The monoisotopic (exact) mass is 437 g/mol. The molecule has 0 bridgehead atoms. The van der Waals surface area contributed by atoms with Gasteiger partial charge in [0.1, 0.15) is 11.5 Å². The van der Waals surface area contributed by atoms with Gasteiger partial charge >= 0.3 is 0 Å². The van der Waals surface area contributed by atoms with Gasteiger partial charge in [0, 0.05) is 22.4 Å². The Labute approximate surface area is 182 Å². The van der Waals surface area contributed by atoms with Crippen LogP contribution in [0.1, 0.15) is 0 Å².